The fourth-order valence-electron chi connectivity index (χ4n) is 2.04. The zero-order valence-electron chi connectivity index (χ0n) is 16.5. The molecule has 4 nitrogen and oxygen atoms in total. The first-order valence-corrected chi connectivity index (χ1v) is 12.8. The molecule has 0 aromatic heterocycles. The molecule has 2 rings (SSSR count). The van der Waals surface area contributed by atoms with Gasteiger partial charge in [0.25, 0.3) is 5.91 Å². The van der Waals surface area contributed by atoms with Crippen molar-refractivity contribution in [3.63, 3.8) is 0 Å². The summed E-state index contributed by atoms with van der Waals surface area (Å²) >= 11 is 17.9. The van der Waals surface area contributed by atoms with Gasteiger partial charge >= 0.3 is 0 Å². The van der Waals surface area contributed by atoms with Crippen LogP contribution in [0.25, 0.3) is 0 Å². The smallest absolute Gasteiger partial charge is 0.262 e. The van der Waals surface area contributed by atoms with Crippen molar-refractivity contribution in [3.05, 3.63) is 51.5 Å². The molecule has 0 spiro atoms. The van der Waals surface area contributed by atoms with Crippen LogP contribution in [0.1, 0.15) is 20.8 Å². The van der Waals surface area contributed by atoms with E-state index < -0.39 is 8.32 Å². The lowest BCUT2D eigenvalue weighted by Gasteiger charge is -2.36. The third kappa shape index (κ3) is 6.05. The second kappa shape index (κ2) is 8.95. The molecule has 0 saturated heterocycles. The fourth-order valence-corrected chi connectivity index (χ4v) is 3.65. The number of benzene rings is 2. The van der Waals surface area contributed by atoms with Gasteiger partial charge in [0, 0.05) is 17.8 Å². The van der Waals surface area contributed by atoms with Gasteiger partial charge in [0.1, 0.15) is 11.5 Å². The highest BCUT2D eigenvalue weighted by Crippen LogP contribution is 2.38. The monoisotopic (exact) mass is 459 g/mol. The van der Waals surface area contributed by atoms with E-state index in [9.17, 15) is 4.79 Å². The number of hydrogen-bond acceptors (Lipinski definition) is 3. The molecule has 0 heterocycles. The van der Waals surface area contributed by atoms with Gasteiger partial charge in [-0.15, -0.1) is 0 Å². The molecule has 1 amide bonds. The van der Waals surface area contributed by atoms with Crippen LogP contribution in [-0.2, 0) is 4.79 Å². The summed E-state index contributed by atoms with van der Waals surface area (Å²) in [5, 5.41) is 3.78. The number of nitrogens with one attached hydrogen (secondary N) is 1. The Balaban J connectivity index is 2.00. The van der Waals surface area contributed by atoms with Crippen LogP contribution >= 0.6 is 34.8 Å². The minimum atomic E-state index is -1.96. The molecule has 2 aromatic carbocycles. The molecule has 0 bridgehead atoms. The van der Waals surface area contributed by atoms with Crippen LogP contribution in [-0.4, -0.2) is 20.8 Å². The Hall–Kier alpha value is -1.40. The Morgan fingerprint density at radius 1 is 1.04 bits per heavy atom. The summed E-state index contributed by atoms with van der Waals surface area (Å²) in [5.74, 6) is 0.700. The van der Waals surface area contributed by atoms with Crippen LogP contribution in [0.3, 0.4) is 0 Å². The maximum Gasteiger partial charge on any atom is 0.262 e. The number of rotatable bonds is 6. The number of carbonyl (C=O) groups is 1. The number of halogens is 3. The average molecular weight is 461 g/mol. The first-order chi connectivity index (χ1) is 12.9. The van der Waals surface area contributed by atoms with E-state index in [1.165, 1.54) is 12.1 Å². The minimum Gasteiger partial charge on any atom is -0.543 e. The topological polar surface area (TPSA) is 47.6 Å². The highest BCUT2D eigenvalue weighted by atomic mass is 35.5. The number of hydrogen-bond donors (Lipinski definition) is 1. The Morgan fingerprint density at radius 3 is 2.32 bits per heavy atom. The fraction of sp³-hybridized carbons (Fsp3) is 0.350. The first kappa shape index (κ1) is 22.9. The Bertz CT molecular complexity index is 866. The van der Waals surface area contributed by atoms with E-state index in [-0.39, 0.29) is 22.6 Å². The van der Waals surface area contributed by atoms with Gasteiger partial charge in [0.2, 0.25) is 8.32 Å². The van der Waals surface area contributed by atoms with Gasteiger partial charge in [-0.3, -0.25) is 4.79 Å². The zero-order chi connectivity index (χ0) is 21.1. The van der Waals surface area contributed by atoms with Gasteiger partial charge in [-0.05, 0) is 36.3 Å². The molecule has 152 valence electrons. The maximum absolute atomic E-state index is 12.2. The first-order valence-electron chi connectivity index (χ1n) is 8.75. The Kier molecular flexibility index (Phi) is 7.31. The molecular weight excluding hydrogens is 437 g/mol. The minimum absolute atomic E-state index is 0.0826. The van der Waals surface area contributed by atoms with Gasteiger partial charge in [-0.25, -0.2) is 0 Å². The standard InChI is InChI=1S/C20H24Cl3NO3Si/c1-20(2,3)28(4,5)27-14-8-6-7-13(9-14)24-19(25)12-26-18-11-16(22)15(21)10-17(18)23/h6-11H,12H2,1-5H3,(H,24,25). The number of anilines is 1. The van der Waals surface area contributed by atoms with E-state index in [1.807, 2.05) is 18.2 Å². The SMILES string of the molecule is CC(C)(C)[Si](C)(C)Oc1cccc(NC(=O)COc2cc(Cl)c(Cl)cc2Cl)c1. The van der Waals surface area contributed by atoms with E-state index in [1.54, 1.807) is 6.07 Å². The van der Waals surface area contributed by atoms with Gasteiger partial charge < -0.3 is 14.5 Å². The number of carbonyl (C=O) groups excluding carboxylic acids is 1. The molecule has 0 aliphatic rings. The Labute approximate surface area is 182 Å². The highest BCUT2D eigenvalue weighted by Gasteiger charge is 2.38. The maximum atomic E-state index is 12.2. The molecule has 0 aliphatic carbocycles. The van der Waals surface area contributed by atoms with E-state index in [4.69, 9.17) is 44.0 Å². The van der Waals surface area contributed by atoms with Gasteiger partial charge in [0.15, 0.2) is 6.61 Å². The molecule has 8 heteroatoms. The lowest BCUT2D eigenvalue weighted by molar-refractivity contribution is -0.118. The third-order valence-corrected chi connectivity index (χ3v) is 10.0. The normalized spacial score (nSPS) is 11.9. The third-order valence-electron chi connectivity index (χ3n) is 4.63. The second-order valence-electron chi connectivity index (χ2n) is 7.92. The van der Waals surface area contributed by atoms with Gasteiger partial charge in [0.05, 0.1) is 15.1 Å². The van der Waals surface area contributed by atoms with E-state index in [2.05, 4.69) is 39.2 Å². The van der Waals surface area contributed by atoms with Gasteiger partial charge in [-0.2, -0.15) is 0 Å². The van der Waals surface area contributed by atoms with Crippen LogP contribution in [0.15, 0.2) is 36.4 Å². The molecule has 0 fully saturated rings. The molecule has 1 N–H and O–H groups in total. The summed E-state index contributed by atoms with van der Waals surface area (Å²) in [6.45, 7) is 10.7. The van der Waals surface area contributed by atoms with Crippen molar-refractivity contribution in [1.29, 1.82) is 0 Å². The average Bonchev–Trinajstić information content (AvgIpc) is 2.56. The summed E-state index contributed by atoms with van der Waals surface area (Å²) < 4.78 is 11.7. The van der Waals surface area contributed by atoms with Crippen LogP contribution in [0.2, 0.25) is 33.2 Å². The van der Waals surface area contributed by atoms with E-state index in [0.717, 1.165) is 5.75 Å². The van der Waals surface area contributed by atoms with E-state index >= 15 is 0 Å². The molecule has 2 aromatic rings. The van der Waals surface area contributed by atoms with Crippen molar-refractivity contribution in [1.82, 2.24) is 0 Å². The quantitative estimate of drug-likeness (QED) is 0.371. The van der Waals surface area contributed by atoms with Crippen LogP contribution in [0.4, 0.5) is 5.69 Å². The zero-order valence-corrected chi connectivity index (χ0v) is 19.8. The predicted molar refractivity (Wildman–Crippen MR) is 120 cm³/mol. The van der Waals surface area contributed by atoms with Crippen molar-refractivity contribution in [3.8, 4) is 11.5 Å². The van der Waals surface area contributed by atoms with Crippen molar-refractivity contribution >= 4 is 54.7 Å². The van der Waals surface area contributed by atoms with E-state index in [0.29, 0.717) is 21.5 Å². The second-order valence-corrected chi connectivity index (χ2v) is 13.9. The highest BCUT2D eigenvalue weighted by molar-refractivity contribution is 6.74. The summed E-state index contributed by atoms with van der Waals surface area (Å²) in [6, 6.07) is 10.3. The predicted octanol–water partition coefficient (Wildman–Crippen LogP) is 7.05. The summed E-state index contributed by atoms with van der Waals surface area (Å²) in [7, 11) is -1.96. The molecule has 0 radical (unpaired) electrons. The summed E-state index contributed by atoms with van der Waals surface area (Å²) in [6.07, 6.45) is 0. The largest absolute Gasteiger partial charge is 0.543 e. The number of amides is 1. The molecule has 0 unspecified atom stereocenters. The number of ether oxygens (including phenoxy) is 1. The molecule has 0 atom stereocenters. The lowest BCUT2D eigenvalue weighted by atomic mass is 10.2. The molecule has 0 saturated carbocycles. The Morgan fingerprint density at radius 2 is 1.68 bits per heavy atom. The van der Waals surface area contributed by atoms with Crippen LogP contribution in [0, 0.1) is 0 Å². The molecule has 0 aliphatic heterocycles. The van der Waals surface area contributed by atoms with Crippen molar-refractivity contribution in [2.24, 2.45) is 0 Å². The van der Waals surface area contributed by atoms with Gasteiger partial charge in [-0.1, -0.05) is 61.6 Å². The summed E-state index contributed by atoms with van der Waals surface area (Å²) in [5.41, 5.74) is 0.630. The molecular formula is C20H24Cl3NO3Si. The van der Waals surface area contributed by atoms with Crippen molar-refractivity contribution in [2.75, 3.05) is 11.9 Å². The van der Waals surface area contributed by atoms with Crippen LogP contribution < -0.4 is 14.5 Å². The summed E-state index contributed by atoms with van der Waals surface area (Å²) in [4.78, 5) is 12.2. The van der Waals surface area contributed by atoms with Crippen molar-refractivity contribution < 1.29 is 14.0 Å². The van der Waals surface area contributed by atoms with Crippen molar-refractivity contribution in [2.45, 2.75) is 38.9 Å². The lowest BCUT2D eigenvalue weighted by Crippen LogP contribution is -2.43. The molecule has 28 heavy (non-hydrogen) atoms. The van der Waals surface area contributed by atoms with Crippen LogP contribution in [0.5, 0.6) is 11.5 Å².